The third-order valence-electron chi connectivity index (χ3n) is 3.39. The lowest BCUT2D eigenvalue weighted by Gasteiger charge is -2.14. The van der Waals surface area contributed by atoms with Gasteiger partial charge in [-0.25, -0.2) is 14.2 Å². The molecule has 0 aliphatic carbocycles. The predicted molar refractivity (Wildman–Crippen MR) is 76.8 cm³/mol. The van der Waals surface area contributed by atoms with Crippen LogP contribution in [0.3, 0.4) is 0 Å². The highest BCUT2D eigenvalue weighted by Crippen LogP contribution is 2.23. The number of aromatic carboxylic acids is 1. The van der Waals surface area contributed by atoms with Gasteiger partial charge in [-0.2, -0.15) is 0 Å². The van der Waals surface area contributed by atoms with Crippen molar-refractivity contribution in [1.82, 2.24) is 14.5 Å². The second-order valence-corrected chi connectivity index (χ2v) is 4.63. The number of carboxylic acid groups (broad SMARTS) is 1. The SMILES string of the molecule is Cc1c(C(=O)O)c2cccc(F)c2c(=O)n1-c1cnccn1. The van der Waals surface area contributed by atoms with Crippen LogP contribution in [-0.4, -0.2) is 25.6 Å². The average Bonchev–Trinajstić information content (AvgIpc) is 2.48. The Morgan fingerprint density at radius 1 is 1.32 bits per heavy atom. The third kappa shape index (κ3) is 1.95. The lowest BCUT2D eigenvalue weighted by molar-refractivity contribution is 0.0697. The first-order valence-electron chi connectivity index (χ1n) is 6.36. The van der Waals surface area contributed by atoms with Crippen LogP contribution in [0.5, 0.6) is 0 Å². The summed E-state index contributed by atoms with van der Waals surface area (Å²) in [5.74, 6) is -1.88. The molecule has 1 N–H and O–H groups in total. The van der Waals surface area contributed by atoms with Crippen LogP contribution in [0.25, 0.3) is 16.6 Å². The van der Waals surface area contributed by atoms with E-state index in [-0.39, 0.29) is 27.8 Å². The fraction of sp³-hybridized carbons (Fsp3) is 0.0667. The van der Waals surface area contributed by atoms with Gasteiger partial charge in [0.15, 0.2) is 5.82 Å². The molecule has 3 aromatic rings. The molecule has 2 aromatic heterocycles. The standard InChI is InChI=1S/C15H10FN3O3/c1-8-12(15(21)22)9-3-2-4-10(16)13(9)14(20)19(8)11-7-17-5-6-18-11/h2-7H,1H3,(H,21,22). The smallest absolute Gasteiger partial charge is 0.338 e. The molecule has 0 saturated carbocycles. The van der Waals surface area contributed by atoms with E-state index in [1.54, 1.807) is 0 Å². The molecule has 110 valence electrons. The first-order valence-corrected chi connectivity index (χ1v) is 6.36. The molecule has 0 aliphatic rings. The van der Waals surface area contributed by atoms with Crippen molar-refractivity contribution in [2.24, 2.45) is 0 Å². The highest BCUT2D eigenvalue weighted by Gasteiger charge is 2.21. The van der Waals surface area contributed by atoms with E-state index in [0.717, 1.165) is 10.6 Å². The zero-order valence-electron chi connectivity index (χ0n) is 11.4. The van der Waals surface area contributed by atoms with Gasteiger partial charge >= 0.3 is 5.97 Å². The summed E-state index contributed by atoms with van der Waals surface area (Å²) in [7, 11) is 0. The molecule has 2 heterocycles. The predicted octanol–water partition coefficient (Wildman–Crippen LogP) is 1.93. The molecule has 0 amide bonds. The molecule has 0 bridgehead atoms. The van der Waals surface area contributed by atoms with Crippen LogP contribution in [0.2, 0.25) is 0 Å². The van der Waals surface area contributed by atoms with Crippen molar-refractivity contribution < 1.29 is 14.3 Å². The van der Waals surface area contributed by atoms with Crippen molar-refractivity contribution in [3.8, 4) is 5.82 Å². The van der Waals surface area contributed by atoms with Crippen LogP contribution in [-0.2, 0) is 0 Å². The maximum Gasteiger partial charge on any atom is 0.338 e. The number of fused-ring (bicyclic) bond motifs is 1. The molecule has 7 heteroatoms. The molecule has 0 aliphatic heterocycles. The Balaban J connectivity index is 2.57. The van der Waals surface area contributed by atoms with Crippen LogP contribution in [0, 0.1) is 12.7 Å². The van der Waals surface area contributed by atoms with Crippen molar-refractivity contribution in [2.45, 2.75) is 6.92 Å². The maximum absolute atomic E-state index is 14.1. The number of hydrogen-bond donors (Lipinski definition) is 1. The van der Waals surface area contributed by atoms with E-state index in [4.69, 9.17) is 0 Å². The summed E-state index contributed by atoms with van der Waals surface area (Å²) in [5.41, 5.74) is -0.646. The minimum Gasteiger partial charge on any atom is -0.478 e. The lowest BCUT2D eigenvalue weighted by atomic mass is 10.0. The third-order valence-corrected chi connectivity index (χ3v) is 3.39. The van der Waals surface area contributed by atoms with E-state index in [0.29, 0.717) is 0 Å². The first kappa shape index (κ1) is 13.9. The molecule has 1 aromatic carbocycles. The molecule has 0 spiro atoms. The topological polar surface area (TPSA) is 85.1 Å². The highest BCUT2D eigenvalue weighted by molar-refractivity contribution is 6.04. The Morgan fingerprint density at radius 3 is 2.73 bits per heavy atom. The van der Waals surface area contributed by atoms with Crippen LogP contribution in [0.1, 0.15) is 16.1 Å². The van der Waals surface area contributed by atoms with E-state index in [2.05, 4.69) is 9.97 Å². The zero-order valence-corrected chi connectivity index (χ0v) is 11.4. The van der Waals surface area contributed by atoms with E-state index in [1.165, 1.54) is 37.6 Å². The Bertz CT molecular complexity index is 952. The van der Waals surface area contributed by atoms with Gasteiger partial charge in [0.1, 0.15) is 5.82 Å². The number of pyridine rings is 1. The lowest BCUT2D eigenvalue weighted by Crippen LogP contribution is -2.25. The van der Waals surface area contributed by atoms with Crippen LogP contribution < -0.4 is 5.56 Å². The normalized spacial score (nSPS) is 10.8. The summed E-state index contributed by atoms with van der Waals surface area (Å²) in [6.45, 7) is 1.48. The number of carboxylic acids is 1. The number of benzene rings is 1. The van der Waals surface area contributed by atoms with E-state index < -0.39 is 17.3 Å². The summed E-state index contributed by atoms with van der Waals surface area (Å²) in [4.78, 5) is 32.0. The minimum atomic E-state index is -1.24. The second-order valence-electron chi connectivity index (χ2n) is 4.63. The van der Waals surface area contributed by atoms with Gasteiger partial charge in [0.05, 0.1) is 17.1 Å². The van der Waals surface area contributed by atoms with Crippen molar-refractivity contribution in [2.75, 3.05) is 0 Å². The van der Waals surface area contributed by atoms with E-state index >= 15 is 0 Å². The monoisotopic (exact) mass is 299 g/mol. The second kappa shape index (κ2) is 5.03. The highest BCUT2D eigenvalue weighted by atomic mass is 19.1. The van der Waals surface area contributed by atoms with Crippen molar-refractivity contribution in [1.29, 1.82) is 0 Å². The molecule has 0 saturated heterocycles. The number of carbonyl (C=O) groups is 1. The summed E-state index contributed by atoms with van der Waals surface area (Å²) >= 11 is 0. The Labute approximate surface area is 123 Å². The van der Waals surface area contributed by atoms with E-state index in [1.807, 2.05) is 0 Å². The van der Waals surface area contributed by atoms with Gasteiger partial charge in [0.25, 0.3) is 5.56 Å². The minimum absolute atomic E-state index is 0.0649. The molecule has 3 rings (SSSR count). The molecule has 0 fully saturated rings. The molecule has 0 atom stereocenters. The molecule has 0 unspecified atom stereocenters. The molecule has 6 nitrogen and oxygen atoms in total. The molecular formula is C15H10FN3O3. The molecular weight excluding hydrogens is 289 g/mol. The Kier molecular flexibility index (Phi) is 3.17. The molecule has 0 radical (unpaired) electrons. The summed E-state index contributed by atoms with van der Waals surface area (Å²) in [6, 6.07) is 3.90. The van der Waals surface area contributed by atoms with Gasteiger partial charge in [-0.3, -0.25) is 14.3 Å². The van der Waals surface area contributed by atoms with Crippen LogP contribution in [0.4, 0.5) is 4.39 Å². The zero-order chi connectivity index (χ0) is 15.9. The quantitative estimate of drug-likeness (QED) is 0.781. The Hall–Kier alpha value is -3.09. The number of aromatic nitrogens is 3. The number of nitrogens with zero attached hydrogens (tertiary/aromatic N) is 3. The van der Waals surface area contributed by atoms with Gasteiger partial charge in [0.2, 0.25) is 0 Å². The van der Waals surface area contributed by atoms with Crippen LogP contribution >= 0.6 is 0 Å². The molecule has 22 heavy (non-hydrogen) atoms. The van der Waals surface area contributed by atoms with Crippen LogP contribution in [0.15, 0.2) is 41.6 Å². The Morgan fingerprint density at radius 2 is 2.09 bits per heavy atom. The number of hydrogen-bond acceptors (Lipinski definition) is 4. The van der Waals surface area contributed by atoms with Gasteiger partial charge in [-0.15, -0.1) is 0 Å². The fourth-order valence-corrected chi connectivity index (χ4v) is 2.47. The number of halogens is 1. The van der Waals surface area contributed by atoms with Gasteiger partial charge < -0.3 is 5.11 Å². The average molecular weight is 299 g/mol. The summed E-state index contributed by atoms with van der Waals surface area (Å²) < 4.78 is 15.1. The van der Waals surface area contributed by atoms with Gasteiger partial charge in [-0.05, 0) is 13.0 Å². The van der Waals surface area contributed by atoms with E-state index in [9.17, 15) is 19.1 Å². The van der Waals surface area contributed by atoms with Crippen molar-refractivity contribution in [3.05, 3.63) is 64.2 Å². The van der Waals surface area contributed by atoms with Gasteiger partial charge in [0, 0.05) is 23.5 Å². The van der Waals surface area contributed by atoms with Crippen molar-refractivity contribution >= 4 is 16.7 Å². The fourth-order valence-electron chi connectivity index (χ4n) is 2.47. The number of rotatable bonds is 2. The summed E-state index contributed by atoms with van der Waals surface area (Å²) in [5, 5.41) is 9.23. The largest absolute Gasteiger partial charge is 0.478 e. The van der Waals surface area contributed by atoms with Gasteiger partial charge in [-0.1, -0.05) is 12.1 Å². The summed E-state index contributed by atoms with van der Waals surface area (Å²) in [6.07, 6.45) is 4.10. The maximum atomic E-state index is 14.1. The first-order chi connectivity index (χ1) is 10.5. The van der Waals surface area contributed by atoms with Crippen molar-refractivity contribution in [3.63, 3.8) is 0 Å².